The number of anilines is 2. The van der Waals surface area contributed by atoms with Crippen LogP contribution in [0.4, 0.5) is 11.4 Å². The molecule has 4 atom stereocenters. The molecule has 2 heterocycles. The monoisotopic (exact) mass is 627 g/mol. The summed E-state index contributed by atoms with van der Waals surface area (Å²) in [5.74, 6) is 1.16. The first-order valence-electron chi connectivity index (χ1n) is 17.2. The number of aliphatic hydroxyl groups is 1. The second-order valence-corrected chi connectivity index (χ2v) is 14.8. The molecule has 1 unspecified atom stereocenters. The van der Waals surface area contributed by atoms with Gasteiger partial charge >= 0.3 is 0 Å². The third-order valence-corrected chi connectivity index (χ3v) is 9.61. The summed E-state index contributed by atoms with van der Waals surface area (Å²) in [5, 5.41) is 14.1. The molecule has 2 N–H and O–H groups in total. The zero-order valence-electron chi connectivity index (χ0n) is 28.6. The van der Waals surface area contributed by atoms with Crippen molar-refractivity contribution in [3.8, 4) is 5.75 Å². The first-order chi connectivity index (χ1) is 21.3. The Bertz CT molecular complexity index is 1180. The van der Waals surface area contributed by atoms with Crippen LogP contribution in [0.15, 0.2) is 18.2 Å². The van der Waals surface area contributed by atoms with Crippen LogP contribution in [0.3, 0.4) is 0 Å². The number of hydrogen-bond acceptors (Lipinski definition) is 7. The predicted molar refractivity (Wildman–Crippen MR) is 178 cm³/mol. The molecule has 2 amide bonds. The Morgan fingerprint density at radius 3 is 2.49 bits per heavy atom. The lowest BCUT2D eigenvalue weighted by Gasteiger charge is -2.39. The number of amides is 2. The van der Waals surface area contributed by atoms with Crippen LogP contribution in [-0.2, 0) is 19.1 Å². The topological polar surface area (TPSA) is 108 Å². The van der Waals surface area contributed by atoms with Crippen molar-refractivity contribution in [1.29, 1.82) is 0 Å². The van der Waals surface area contributed by atoms with Crippen molar-refractivity contribution in [2.75, 3.05) is 43.2 Å². The third-order valence-electron chi connectivity index (χ3n) is 9.61. The van der Waals surface area contributed by atoms with E-state index in [1.165, 1.54) is 0 Å². The van der Waals surface area contributed by atoms with Gasteiger partial charge in [0.1, 0.15) is 11.5 Å². The zero-order valence-corrected chi connectivity index (χ0v) is 28.6. The molecular formula is C36H57N3O6. The molecule has 0 aromatic heterocycles. The molecule has 0 bridgehead atoms. The first kappa shape index (κ1) is 35.4. The molecule has 1 saturated carbocycles. The van der Waals surface area contributed by atoms with Crippen LogP contribution >= 0.6 is 0 Å². The van der Waals surface area contributed by atoms with E-state index in [0.29, 0.717) is 62.9 Å². The van der Waals surface area contributed by atoms with Crippen LogP contribution in [0, 0.1) is 29.6 Å². The molecule has 2 fully saturated rings. The van der Waals surface area contributed by atoms with Gasteiger partial charge in [-0.15, -0.1) is 0 Å². The lowest BCUT2D eigenvalue weighted by Crippen LogP contribution is -2.53. The van der Waals surface area contributed by atoms with Crippen molar-refractivity contribution in [2.24, 2.45) is 29.6 Å². The second-order valence-electron chi connectivity index (χ2n) is 14.8. The molecule has 9 heteroatoms. The van der Waals surface area contributed by atoms with E-state index in [1.807, 2.05) is 23.1 Å². The molecule has 252 valence electrons. The van der Waals surface area contributed by atoms with Crippen LogP contribution in [0.2, 0.25) is 0 Å². The van der Waals surface area contributed by atoms with E-state index in [2.05, 4.69) is 33.0 Å². The number of aliphatic hydroxyl groups excluding tert-OH is 1. The average Bonchev–Trinajstić information content (AvgIpc) is 3.83. The number of ketones is 1. The highest BCUT2D eigenvalue weighted by Crippen LogP contribution is 2.43. The van der Waals surface area contributed by atoms with Gasteiger partial charge in [-0.2, -0.15) is 0 Å². The zero-order chi connectivity index (χ0) is 32.9. The van der Waals surface area contributed by atoms with Gasteiger partial charge in [-0.1, -0.05) is 27.7 Å². The smallest absolute Gasteiger partial charge is 0.270 e. The van der Waals surface area contributed by atoms with Crippen molar-refractivity contribution in [1.82, 2.24) is 5.32 Å². The Labute approximate surface area is 270 Å². The van der Waals surface area contributed by atoms with Crippen molar-refractivity contribution >= 4 is 29.0 Å². The number of nitrogens with one attached hydrogen (secondary N) is 1. The summed E-state index contributed by atoms with van der Waals surface area (Å²) in [6.07, 6.45) is 5.78. The summed E-state index contributed by atoms with van der Waals surface area (Å²) in [7, 11) is 1.65. The molecule has 0 radical (unpaired) electrons. The normalized spacial score (nSPS) is 22.6. The van der Waals surface area contributed by atoms with Gasteiger partial charge in [0.25, 0.3) is 5.91 Å². The number of benzene rings is 1. The Balaban J connectivity index is 1.44. The number of carbonyl (C=O) groups is 3. The van der Waals surface area contributed by atoms with Crippen LogP contribution in [-0.4, -0.2) is 73.8 Å². The molecule has 1 aromatic rings. The molecule has 0 spiro atoms. The minimum Gasteiger partial charge on any atom is -0.476 e. The summed E-state index contributed by atoms with van der Waals surface area (Å²) in [6, 6.07) is 5.84. The number of piperidine rings is 1. The quantitative estimate of drug-likeness (QED) is 0.237. The standard InChI is InChI=1S/C36H57N3O6/c1-23(2)18-25(33(41)24(3)4)10-8-11-31(40)26-19-27(22-37-21-26)34(42)39(28-12-13-28)29-14-15-32-30(20-29)38(16-9-17-44-7)35(43)36(5,6)45-32/h14-15,20,23-28,33,37,41H,8-13,16-19,21-22H2,1-7H3/t25-,26+,27-,33?/m1/s1. The number of fused-ring (bicyclic) bond motifs is 1. The fourth-order valence-electron chi connectivity index (χ4n) is 7.04. The van der Waals surface area contributed by atoms with Gasteiger partial charge in [-0.25, -0.2) is 0 Å². The maximum atomic E-state index is 14.1. The fraction of sp³-hybridized carbons (Fsp3) is 0.750. The van der Waals surface area contributed by atoms with E-state index >= 15 is 0 Å². The van der Waals surface area contributed by atoms with Gasteiger partial charge in [0.2, 0.25) is 5.91 Å². The van der Waals surface area contributed by atoms with Gasteiger partial charge in [0.15, 0.2) is 5.60 Å². The van der Waals surface area contributed by atoms with E-state index in [1.54, 1.807) is 25.9 Å². The Kier molecular flexibility index (Phi) is 12.1. The van der Waals surface area contributed by atoms with Crippen molar-refractivity contribution in [2.45, 2.75) is 111 Å². The molecule has 2 aliphatic heterocycles. The van der Waals surface area contributed by atoms with Crippen molar-refractivity contribution in [3.63, 3.8) is 0 Å². The van der Waals surface area contributed by atoms with Gasteiger partial charge in [0, 0.05) is 57.4 Å². The number of hydrogen-bond donors (Lipinski definition) is 2. The lowest BCUT2D eigenvalue weighted by atomic mass is 9.81. The van der Waals surface area contributed by atoms with Crippen molar-refractivity contribution in [3.05, 3.63) is 18.2 Å². The first-order valence-corrected chi connectivity index (χ1v) is 17.2. The maximum absolute atomic E-state index is 14.1. The Morgan fingerprint density at radius 2 is 1.84 bits per heavy atom. The second kappa shape index (κ2) is 15.4. The number of Topliss-reactive ketones (excluding diaryl/α,β-unsaturated/α-hetero) is 1. The molecule has 9 nitrogen and oxygen atoms in total. The average molecular weight is 628 g/mol. The largest absolute Gasteiger partial charge is 0.476 e. The molecule has 45 heavy (non-hydrogen) atoms. The molecule has 1 aromatic carbocycles. The summed E-state index contributed by atoms with van der Waals surface area (Å²) >= 11 is 0. The molecular weight excluding hydrogens is 570 g/mol. The molecule has 1 saturated heterocycles. The highest BCUT2D eigenvalue weighted by atomic mass is 16.5. The van der Waals surface area contributed by atoms with E-state index < -0.39 is 5.60 Å². The van der Waals surface area contributed by atoms with Gasteiger partial charge in [-0.3, -0.25) is 14.4 Å². The lowest BCUT2D eigenvalue weighted by molar-refractivity contribution is -0.132. The van der Waals surface area contributed by atoms with Gasteiger partial charge in [-0.05, 0) is 94.7 Å². The van der Waals surface area contributed by atoms with Gasteiger partial charge in [0.05, 0.1) is 17.7 Å². The molecule has 1 aliphatic carbocycles. The van der Waals surface area contributed by atoms with Crippen LogP contribution in [0.25, 0.3) is 0 Å². The molecule has 4 rings (SSSR count). The van der Waals surface area contributed by atoms with E-state index in [0.717, 1.165) is 37.8 Å². The minimum atomic E-state index is -0.980. The number of methoxy groups -OCH3 is 1. The van der Waals surface area contributed by atoms with E-state index in [-0.39, 0.29) is 53.4 Å². The van der Waals surface area contributed by atoms with Crippen LogP contribution < -0.4 is 19.9 Å². The summed E-state index contributed by atoms with van der Waals surface area (Å²) in [6.45, 7) is 14.2. The summed E-state index contributed by atoms with van der Waals surface area (Å²) in [5.41, 5.74) is 0.467. The highest BCUT2D eigenvalue weighted by Gasteiger charge is 2.43. The highest BCUT2D eigenvalue weighted by molar-refractivity contribution is 6.04. The number of nitrogens with zero attached hydrogens (tertiary/aromatic N) is 2. The van der Waals surface area contributed by atoms with Gasteiger partial charge < -0.3 is 29.7 Å². The Hall–Kier alpha value is -2.49. The number of carbonyl (C=O) groups excluding carboxylic acids is 3. The summed E-state index contributed by atoms with van der Waals surface area (Å²) < 4.78 is 11.3. The number of ether oxygens (including phenoxy) is 2. The summed E-state index contributed by atoms with van der Waals surface area (Å²) in [4.78, 5) is 44.5. The minimum absolute atomic E-state index is 0.0359. The number of rotatable bonds is 16. The van der Waals surface area contributed by atoms with Crippen molar-refractivity contribution < 1.29 is 29.0 Å². The Morgan fingerprint density at radius 1 is 1.13 bits per heavy atom. The predicted octanol–water partition coefficient (Wildman–Crippen LogP) is 5.37. The molecule has 3 aliphatic rings. The van der Waals surface area contributed by atoms with Crippen LogP contribution in [0.5, 0.6) is 5.75 Å². The van der Waals surface area contributed by atoms with E-state index in [9.17, 15) is 19.5 Å². The third kappa shape index (κ3) is 8.86. The van der Waals surface area contributed by atoms with E-state index in [4.69, 9.17) is 9.47 Å². The maximum Gasteiger partial charge on any atom is 0.270 e. The fourth-order valence-corrected chi connectivity index (χ4v) is 7.04. The SMILES string of the molecule is COCCCN1C(=O)C(C)(C)Oc2ccc(N(C(=O)[C@H]3CNC[C@@H](C(=O)CCC[C@H](CC(C)C)C(O)C(C)C)C3)C3CC3)cc21. The van der Waals surface area contributed by atoms with Crippen LogP contribution in [0.1, 0.15) is 92.9 Å².